The second-order valence-corrected chi connectivity index (χ2v) is 5.39. The van der Waals surface area contributed by atoms with E-state index in [4.69, 9.17) is 0 Å². The van der Waals surface area contributed by atoms with Crippen molar-refractivity contribution >= 4 is 5.97 Å². The molecule has 100 valence electrons. The van der Waals surface area contributed by atoms with Gasteiger partial charge in [-0.2, -0.15) is 0 Å². The molecule has 1 aliphatic rings. The Morgan fingerprint density at radius 3 is 2.76 bits per heavy atom. The van der Waals surface area contributed by atoms with E-state index in [-0.39, 0.29) is 6.04 Å². The van der Waals surface area contributed by atoms with Gasteiger partial charge in [0.25, 0.3) is 0 Å². The zero-order chi connectivity index (χ0) is 12.8. The number of aliphatic carboxylic acids is 1. The maximum Gasteiger partial charge on any atom is 0.322 e. The van der Waals surface area contributed by atoms with Crippen molar-refractivity contribution in [1.29, 1.82) is 0 Å². The van der Waals surface area contributed by atoms with Gasteiger partial charge in [-0.05, 0) is 25.3 Å². The first kappa shape index (κ1) is 14.5. The Hall–Kier alpha value is -0.610. The molecule has 2 N–H and O–H groups in total. The van der Waals surface area contributed by atoms with Gasteiger partial charge in [0.1, 0.15) is 6.04 Å². The molecule has 1 rings (SSSR count). The number of nitrogens with zero attached hydrogens (tertiary/aromatic N) is 1. The highest BCUT2D eigenvalue weighted by Crippen LogP contribution is 2.19. The molecule has 0 spiro atoms. The summed E-state index contributed by atoms with van der Waals surface area (Å²) in [6, 6.07) is -0.228. The van der Waals surface area contributed by atoms with Crippen LogP contribution in [0, 0.1) is 5.92 Å². The lowest BCUT2D eigenvalue weighted by Gasteiger charge is -2.34. The summed E-state index contributed by atoms with van der Waals surface area (Å²) >= 11 is 0. The first-order valence-electron chi connectivity index (χ1n) is 6.74. The molecule has 4 heteroatoms. The lowest BCUT2D eigenvalue weighted by atomic mass is 9.95. The summed E-state index contributed by atoms with van der Waals surface area (Å²) in [4.78, 5) is 13.5. The van der Waals surface area contributed by atoms with E-state index >= 15 is 0 Å². The van der Waals surface area contributed by atoms with Crippen LogP contribution in [0.25, 0.3) is 0 Å². The SMILES string of the molecule is CCC1CCCN(CC(NC(C)C)C(=O)O)C1. The summed E-state index contributed by atoms with van der Waals surface area (Å²) in [5, 5.41) is 12.3. The third kappa shape index (κ3) is 5.04. The summed E-state index contributed by atoms with van der Waals surface area (Å²) in [5.74, 6) is 0.00886. The summed E-state index contributed by atoms with van der Waals surface area (Å²) < 4.78 is 0. The Labute approximate surface area is 104 Å². The van der Waals surface area contributed by atoms with Crippen LogP contribution in [0.2, 0.25) is 0 Å². The normalized spacial score (nSPS) is 23.9. The fourth-order valence-electron chi connectivity index (χ4n) is 2.51. The third-order valence-electron chi connectivity index (χ3n) is 3.45. The zero-order valence-electron chi connectivity index (χ0n) is 11.3. The van der Waals surface area contributed by atoms with Crippen molar-refractivity contribution in [2.45, 2.75) is 52.1 Å². The lowest BCUT2D eigenvalue weighted by Crippen LogP contribution is -2.50. The highest BCUT2D eigenvalue weighted by molar-refractivity contribution is 5.73. The molecular weight excluding hydrogens is 216 g/mol. The maximum absolute atomic E-state index is 11.2. The summed E-state index contributed by atoms with van der Waals surface area (Å²) in [5.41, 5.74) is 0. The predicted octanol–water partition coefficient (Wildman–Crippen LogP) is 1.56. The van der Waals surface area contributed by atoms with Crippen LogP contribution in [0.4, 0.5) is 0 Å². The first-order chi connectivity index (χ1) is 8.02. The van der Waals surface area contributed by atoms with Crippen molar-refractivity contribution in [3.8, 4) is 0 Å². The van der Waals surface area contributed by atoms with Crippen molar-refractivity contribution in [2.24, 2.45) is 5.92 Å². The molecule has 0 aromatic rings. The molecule has 0 aromatic carbocycles. The van der Waals surface area contributed by atoms with Crippen LogP contribution in [0.15, 0.2) is 0 Å². The average molecular weight is 242 g/mol. The van der Waals surface area contributed by atoms with Crippen LogP contribution in [0.1, 0.15) is 40.0 Å². The van der Waals surface area contributed by atoms with Gasteiger partial charge in [-0.1, -0.05) is 27.2 Å². The van der Waals surface area contributed by atoms with Gasteiger partial charge in [-0.15, -0.1) is 0 Å². The van der Waals surface area contributed by atoms with Gasteiger partial charge in [0, 0.05) is 19.1 Å². The molecule has 1 aliphatic heterocycles. The van der Waals surface area contributed by atoms with Gasteiger partial charge < -0.3 is 15.3 Å². The molecule has 2 unspecified atom stereocenters. The van der Waals surface area contributed by atoms with Gasteiger partial charge in [0.15, 0.2) is 0 Å². The quantitative estimate of drug-likeness (QED) is 0.742. The van der Waals surface area contributed by atoms with Gasteiger partial charge in [0.2, 0.25) is 0 Å². The Morgan fingerprint density at radius 1 is 1.53 bits per heavy atom. The number of piperidine rings is 1. The minimum atomic E-state index is -0.739. The number of nitrogens with one attached hydrogen (secondary N) is 1. The molecule has 0 amide bonds. The molecule has 0 aliphatic carbocycles. The van der Waals surface area contributed by atoms with E-state index in [1.54, 1.807) is 0 Å². The van der Waals surface area contributed by atoms with E-state index in [0.717, 1.165) is 19.0 Å². The Kier molecular flexibility index (Phi) is 5.92. The predicted molar refractivity (Wildman–Crippen MR) is 69.2 cm³/mol. The molecule has 1 heterocycles. The molecule has 0 bridgehead atoms. The molecule has 0 radical (unpaired) electrons. The van der Waals surface area contributed by atoms with Gasteiger partial charge >= 0.3 is 5.97 Å². The smallest absolute Gasteiger partial charge is 0.322 e. The van der Waals surface area contributed by atoms with Crippen LogP contribution >= 0.6 is 0 Å². The summed E-state index contributed by atoms with van der Waals surface area (Å²) in [6.45, 7) is 8.92. The standard InChI is InChI=1S/C13H26N2O2/c1-4-11-6-5-7-15(8-11)9-12(13(16)17)14-10(2)3/h10-12,14H,4-9H2,1-3H3,(H,16,17). The fourth-order valence-corrected chi connectivity index (χ4v) is 2.51. The van der Waals surface area contributed by atoms with Crippen molar-refractivity contribution < 1.29 is 9.90 Å². The molecule has 1 saturated heterocycles. The number of rotatable bonds is 6. The number of carboxylic acid groups (broad SMARTS) is 1. The molecule has 0 aromatic heterocycles. The fraction of sp³-hybridized carbons (Fsp3) is 0.923. The van der Waals surface area contributed by atoms with E-state index < -0.39 is 12.0 Å². The highest BCUT2D eigenvalue weighted by Gasteiger charge is 2.25. The van der Waals surface area contributed by atoms with Crippen molar-refractivity contribution in [3.05, 3.63) is 0 Å². The maximum atomic E-state index is 11.2. The van der Waals surface area contributed by atoms with E-state index in [2.05, 4.69) is 17.1 Å². The molecular formula is C13H26N2O2. The average Bonchev–Trinajstić information content (AvgIpc) is 2.27. The minimum absolute atomic E-state index is 0.211. The zero-order valence-corrected chi connectivity index (χ0v) is 11.3. The summed E-state index contributed by atoms with van der Waals surface area (Å²) in [7, 11) is 0. The number of hydrogen-bond acceptors (Lipinski definition) is 3. The van der Waals surface area contributed by atoms with Crippen molar-refractivity contribution in [2.75, 3.05) is 19.6 Å². The van der Waals surface area contributed by atoms with Gasteiger partial charge in [-0.25, -0.2) is 0 Å². The van der Waals surface area contributed by atoms with Crippen LogP contribution in [0.5, 0.6) is 0 Å². The minimum Gasteiger partial charge on any atom is -0.480 e. The van der Waals surface area contributed by atoms with Gasteiger partial charge in [0.05, 0.1) is 0 Å². The number of likely N-dealkylation sites (tertiary alicyclic amines) is 1. The van der Waals surface area contributed by atoms with E-state index in [9.17, 15) is 9.90 Å². The topological polar surface area (TPSA) is 52.6 Å². The first-order valence-corrected chi connectivity index (χ1v) is 6.74. The Morgan fingerprint density at radius 2 is 2.24 bits per heavy atom. The van der Waals surface area contributed by atoms with Crippen molar-refractivity contribution in [1.82, 2.24) is 10.2 Å². The van der Waals surface area contributed by atoms with Crippen LogP contribution in [0.3, 0.4) is 0 Å². The number of carbonyl (C=O) groups is 1. The molecule has 4 nitrogen and oxygen atoms in total. The lowest BCUT2D eigenvalue weighted by molar-refractivity contribution is -0.140. The Bertz CT molecular complexity index is 244. The van der Waals surface area contributed by atoms with E-state index in [1.807, 2.05) is 13.8 Å². The van der Waals surface area contributed by atoms with Crippen LogP contribution < -0.4 is 5.32 Å². The van der Waals surface area contributed by atoms with E-state index in [1.165, 1.54) is 19.3 Å². The third-order valence-corrected chi connectivity index (χ3v) is 3.45. The second kappa shape index (κ2) is 6.97. The van der Waals surface area contributed by atoms with Crippen LogP contribution in [-0.4, -0.2) is 47.7 Å². The van der Waals surface area contributed by atoms with Crippen molar-refractivity contribution in [3.63, 3.8) is 0 Å². The number of carboxylic acids is 1. The highest BCUT2D eigenvalue weighted by atomic mass is 16.4. The molecule has 2 atom stereocenters. The second-order valence-electron chi connectivity index (χ2n) is 5.39. The monoisotopic (exact) mass is 242 g/mol. The molecule has 1 fully saturated rings. The van der Waals surface area contributed by atoms with Gasteiger partial charge in [-0.3, -0.25) is 4.79 Å². The van der Waals surface area contributed by atoms with E-state index in [0.29, 0.717) is 6.54 Å². The largest absolute Gasteiger partial charge is 0.480 e. The molecule has 17 heavy (non-hydrogen) atoms. The van der Waals surface area contributed by atoms with Crippen LogP contribution in [-0.2, 0) is 4.79 Å². The summed E-state index contributed by atoms with van der Waals surface area (Å²) in [6.07, 6.45) is 3.70. The Balaban J connectivity index is 2.45. The number of hydrogen-bond donors (Lipinski definition) is 2. The molecule has 0 saturated carbocycles.